The summed E-state index contributed by atoms with van der Waals surface area (Å²) in [5.74, 6) is 6.38. The predicted molar refractivity (Wildman–Crippen MR) is 85.0 cm³/mol. The number of fused-ring (bicyclic) bond motifs is 1. The summed E-state index contributed by atoms with van der Waals surface area (Å²) in [5, 5.41) is 2.88. The number of halogens is 2. The van der Waals surface area contributed by atoms with Crippen molar-refractivity contribution in [2.45, 2.75) is 0 Å². The van der Waals surface area contributed by atoms with Gasteiger partial charge in [-0.25, -0.2) is 19.3 Å². The standard InChI is InChI=1S/C15H11ClFN5O/c1-18-14-13-15(20-8-19-14)22-11(21-13)6-3-7-23-10-5-2-4-9(17)12(10)16/h2,4-5,8H,7H2,1H3,(H2,18,19,20,21,22). The van der Waals surface area contributed by atoms with Crippen LogP contribution in [0.25, 0.3) is 11.2 Å². The molecular formula is C15H11ClFN5O. The highest BCUT2D eigenvalue weighted by Gasteiger charge is 2.07. The molecule has 0 spiro atoms. The minimum absolute atomic E-state index is 0.0464. The fourth-order valence-corrected chi connectivity index (χ4v) is 2.09. The molecule has 0 aliphatic heterocycles. The first-order chi connectivity index (χ1) is 11.2. The Bertz CT molecular complexity index is 915. The van der Waals surface area contributed by atoms with E-state index in [1.807, 2.05) is 0 Å². The summed E-state index contributed by atoms with van der Waals surface area (Å²) in [7, 11) is 1.75. The van der Waals surface area contributed by atoms with Crippen LogP contribution in [0.4, 0.5) is 10.2 Å². The van der Waals surface area contributed by atoms with Crippen molar-refractivity contribution in [1.82, 2.24) is 19.9 Å². The van der Waals surface area contributed by atoms with Crippen LogP contribution in [0.5, 0.6) is 5.75 Å². The van der Waals surface area contributed by atoms with Crippen molar-refractivity contribution >= 4 is 28.6 Å². The van der Waals surface area contributed by atoms with Crippen LogP contribution in [-0.2, 0) is 0 Å². The van der Waals surface area contributed by atoms with Crippen LogP contribution in [0.15, 0.2) is 24.5 Å². The molecule has 3 rings (SSSR count). The Labute approximate surface area is 136 Å². The molecule has 0 amide bonds. The van der Waals surface area contributed by atoms with E-state index >= 15 is 0 Å². The topological polar surface area (TPSA) is 75.7 Å². The van der Waals surface area contributed by atoms with Crippen molar-refractivity contribution in [3.63, 3.8) is 0 Å². The lowest BCUT2D eigenvalue weighted by Crippen LogP contribution is -1.95. The van der Waals surface area contributed by atoms with E-state index in [1.165, 1.54) is 18.5 Å². The zero-order valence-corrected chi connectivity index (χ0v) is 12.8. The summed E-state index contributed by atoms with van der Waals surface area (Å²) in [6, 6.07) is 4.35. The molecule has 0 atom stereocenters. The second-order valence-corrected chi connectivity index (χ2v) is 4.78. The van der Waals surface area contributed by atoms with E-state index in [2.05, 4.69) is 37.1 Å². The predicted octanol–water partition coefficient (Wildman–Crippen LogP) is 2.62. The number of benzene rings is 1. The normalized spacial score (nSPS) is 10.2. The Balaban J connectivity index is 1.73. The highest BCUT2D eigenvalue weighted by atomic mass is 35.5. The maximum atomic E-state index is 13.3. The Morgan fingerprint density at radius 3 is 3.09 bits per heavy atom. The van der Waals surface area contributed by atoms with Gasteiger partial charge in [0, 0.05) is 7.05 Å². The van der Waals surface area contributed by atoms with Gasteiger partial charge in [-0.1, -0.05) is 23.6 Å². The van der Waals surface area contributed by atoms with E-state index in [9.17, 15) is 4.39 Å². The van der Waals surface area contributed by atoms with Gasteiger partial charge in [-0.2, -0.15) is 0 Å². The zero-order valence-electron chi connectivity index (χ0n) is 12.0. The first kappa shape index (κ1) is 15.1. The molecule has 0 saturated carbocycles. The lowest BCUT2D eigenvalue weighted by Gasteiger charge is -2.04. The first-order valence-electron chi connectivity index (χ1n) is 6.63. The minimum Gasteiger partial charge on any atom is -0.479 e. The highest BCUT2D eigenvalue weighted by Crippen LogP contribution is 2.26. The van der Waals surface area contributed by atoms with Gasteiger partial charge in [-0.3, -0.25) is 0 Å². The molecule has 116 valence electrons. The van der Waals surface area contributed by atoms with Gasteiger partial charge in [-0.05, 0) is 18.1 Å². The van der Waals surface area contributed by atoms with E-state index in [1.54, 1.807) is 13.1 Å². The maximum absolute atomic E-state index is 13.3. The molecule has 0 aliphatic carbocycles. The molecule has 6 nitrogen and oxygen atoms in total. The molecule has 0 bridgehead atoms. The van der Waals surface area contributed by atoms with Gasteiger partial charge in [0.15, 0.2) is 17.3 Å². The third-order valence-electron chi connectivity index (χ3n) is 2.95. The van der Waals surface area contributed by atoms with E-state index in [-0.39, 0.29) is 17.4 Å². The number of imidazole rings is 1. The summed E-state index contributed by atoms with van der Waals surface area (Å²) in [4.78, 5) is 15.4. The number of nitrogens with one attached hydrogen (secondary N) is 2. The van der Waals surface area contributed by atoms with Crippen LogP contribution in [0.1, 0.15) is 5.82 Å². The number of hydrogen-bond acceptors (Lipinski definition) is 5. The van der Waals surface area contributed by atoms with Gasteiger partial charge in [0.2, 0.25) is 0 Å². The Hall–Kier alpha value is -2.85. The van der Waals surface area contributed by atoms with Crippen LogP contribution in [-0.4, -0.2) is 33.6 Å². The molecule has 0 unspecified atom stereocenters. The number of nitrogens with zero attached hydrogens (tertiary/aromatic N) is 3. The summed E-state index contributed by atoms with van der Waals surface area (Å²) in [5.41, 5.74) is 1.19. The van der Waals surface area contributed by atoms with Crippen LogP contribution < -0.4 is 10.1 Å². The van der Waals surface area contributed by atoms with E-state index in [4.69, 9.17) is 16.3 Å². The molecule has 3 aromatic rings. The van der Waals surface area contributed by atoms with Crippen LogP contribution in [0.3, 0.4) is 0 Å². The highest BCUT2D eigenvalue weighted by molar-refractivity contribution is 6.32. The SMILES string of the molecule is CNc1ncnc2nc(C#CCOc3cccc(F)c3Cl)[nH]c12. The summed E-state index contributed by atoms with van der Waals surface area (Å²) >= 11 is 5.79. The van der Waals surface area contributed by atoms with Crippen molar-refractivity contribution < 1.29 is 9.13 Å². The van der Waals surface area contributed by atoms with Crippen molar-refractivity contribution in [2.24, 2.45) is 0 Å². The second-order valence-electron chi connectivity index (χ2n) is 4.40. The van der Waals surface area contributed by atoms with Crippen molar-refractivity contribution in [3.8, 4) is 17.6 Å². The van der Waals surface area contributed by atoms with Gasteiger partial charge >= 0.3 is 0 Å². The Kier molecular flexibility index (Phi) is 4.26. The number of ether oxygens (including phenoxy) is 1. The molecule has 0 radical (unpaired) electrons. The lowest BCUT2D eigenvalue weighted by molar-refractivity contribution is 0.368. The van der Waals surface area contributed by atoms with E-state index in [0.717, 1.165) is 0 Å². The van der Waals surface area contributed by atoms with Crippen LogP contribution in [0, 0.1) is 17.7 Å². The quantitative estimate of drug-likeness (QED) is 0.722. The summed E-state index contributed by atoms with van der Waals surface area (Å²) in [6.07, 6.45) is 1.42. The molecule has 1 aromatic carbocycles. The molecule has 2 aromatic heterocycles. The van der Waals surface area contributed by atoms with E-state index in [0.29, 0.717) is 22.8 Å². The van der Waals surface area contributed by atoms with Gasteiger partial charge in [0.1, 0.15) is 35.0 Å². The second kappa shape index (κ2) is 6.50. The minimum atomic E-state index is -0.535. The largest absolute Gasteiger partial charge is 0.479 e. The zero-order chi connectivity index (χ0) is 16.2. The number of anilines is 1. The van der Waals surface area contributed by atoms with Gasteiger partial charge in [0.25, 0.3) is 0 Å². The third kappa shape index (κ3) is 3.17. The molecule has 8 heteroatoms. The van der Waals surface area contributed by atoms with Crippen molar-refractivity contribution in [3.05, 3.63) is 41.2 Å². The van der Waals surface area contributed by atoms with Gasteiger partial charge in [-0.15, -0.1) is 0 Å². The third-order valence-corrected chi connectivity index (χ3v) is 3.31. The molecule has 0 aliphatic rings. The summed E-state index contributed by atoms with van der Waals surface area (Å²) < 4.78 is 18.6. The lowest BCUT2D eigenvalue weighted by atomic mass is 10.3. The molecular weight excluding hydrogens is 321 g/mol. The number of aromatic amines is 1. The van der Waals surface area contributed by atoms with Gasteiger partial charge < -0.3 is 15.0 Å². The van der Waals surface area contributed by atoms with Crippen molar-refractivity contribution in [1.29, 1.82) is 0 Å². The van der Waals surface area contributed by atoms with Crippen LogP contribution >= 0.6 is 11.6 Å². The van der Waals surface area contributed by atoms with Crippen molar-refractivity contribution in [2.75, 3.05) is 19.0 Å². The molecule has 2 N–H and O–H groups in total. The number of hydrogen-bond donors (Lipinski definition) is 2. The first-order valence-corrected chi connectivity index (χ1v) is 7.01. The van der Waals surface area contributed by atoms with Crippen LogP contribution in [0.2, 0.25) is 5.02 Å². The fraction of sp³-hybridized carbons (Fsp3) is 0.133. The summed E-state index contributed by atoms with van der Waals surface area (Å²) in [6.45, 7) is 0.0464. The molecule has 0 saturated heterocycles. The van der Waals surface area contributed by atoms with Gasteiger partial charge in [0.05, 0.1) is 0 Å². The average molecular weight is 332 g/mol. The van der Waals surface area contributed by atoms with E-state index < -0.39 is 5.82 Å². The monoisotopic (exact) mass is 331 g/mol. The number of rotatable bonds is 3. The average Bonchev–Trinajstić information content (AvgIpc) is 2.98. The Morgan fingerprint density at radius 2 is 2.26 bits per heavy atom. The smallest absolute Gasteiger partial charge is 0.185 e. The molecule has 0 fully saturated rings. The fourth-order valence-electron chi connectivity index (χ4n) is 1.91. The number of aromatic nitrogens is 4. The molecule has 23 heavy (non-hydrogen) atoms. The maximum Gasteiger partial charge on any atom is 0.185 e. The Morgan fingerprint density at radius 1 is 1.39 bits per heavy atom. The number of H-pyrrole nitrogens is 1. The molecule has 2 heterocycles.